The summed E-state index contributed by atoms with van der Waals surface area (Å²) in [5, 5.41) is 6.07. The predicted molar refractivity (Wildman–Crippen MR) is 97.1 cm³/mol. The van der Waals surface area contributed by atoms with Crippen LogP contribution in [0.1, 0.15) is 44.2 Å². The largest absolute Gasteiger partial charge is 0.272 e. The van der Waals surface area contributed by atoms with Gasteiger partial charge in [0, 0.05) is 18.0 Å². The van der Waals surface area contributed by atoms with E-state index in [1.165, 1.54) is 29.8 Å². The van der Waals surface area contributed by atoms with Crippen molar-refractivity contribution in [2.75, 3.05) is 5.01 Å². The molecule has 0 radical (unpaired) electrons. The average molecular weight is 321 g/mol. The van der Waals surface area contributed by atoms with Crippen LogP contribution in [0.3, 0.4) is 0 Å². The van der Waals surface area contributed by atoms with Gasteiger partial charge in [0.05, 0.1) is 17.3 Å². The Morgan fingerprint density at radius 1 is 1.12 bits per heavy atom. The van der Waals surface area contributed by atoms with Crippen LogP contribution in [0.15, 0.2) is 53.9 Å². The van der Waals surface area contributed by atoms with Crippen molar-refractivity contribution >= 4 is 17.3 Å². The van der Waals surface area contributed by atoms with Crippen LogP contribution in [0.25, 0.3) is 0 Å². The number of carbonyl (C=O) groups is 1. The second kappa shape index (κ2) is 7.39. The van der Waals surface area contributed by atoms with E-state index in [9.17, 15) is 4.79 Å². The van der Waals surface area contributed by atoms with Crippen molar-refractivity contribution in [2.24, 2.45) is 11.0 Å². The molecule has 1 aromatic carbocycles. The molecule has 1 aliphatic rings. The van der Waals surface area contributed by atoms with Crippen molar-refractivity contribution < 1.29 is 4.79 Å². The molecule has 124 valence electrons. The van der Waals surface area contributed by atoms with Gasteiger partial charge in [-0.3, -0.25) is 9.78 Å². The van der Waals surface area contributed by atoms with Crippen molar-refractivity contribution in [3.05, 3.63) is 59.9 Å². The molecule has 1 amide bonds. The Balaban J connectivity index is 1.79. The molecule has 1 aromatic heterocycles. The van der Waals surface area contributed by atoms with Gasteiger partial charge in [0.15, 0.2) is 0 Å². The summed E-state index contributed by atoms with van der Waals surface area (Å²) < 4.78 is 0. The number of amides is 1. The fourth-order valence-corrected chi connectivity index (χ4v) is 2.93. The molecule has 2 aromatic rings. The quantitative estimate of drug-likeness (QED) is 0.748. The van der Waals surface area contributed by atoms with Gasteiger partial charge in [0.25, 0.3) is 5.91 Å². The maximum absolute atomic E-state index is 12.6. The van der Waals surface area contributed by atoms with E-state index >= 15 is 0 Å². The zero-order chi connectivity index (χ0) is 16.9. The first-order chi connectivity index (χ1) is 11.7. The van der Waals surface area contributed by atoms with Crippen molar-refractivity contribution in [3.8, 4) is 0 Å². The molecule has 0 aliphatic carbocycles. The molecule has 24 heavy (non-hydrogen) atoms. The van der Waals surface area contributed by atoms with Crippen LogP contribution in [0.5, 0.6) is 0 Å². The Kier molecular flexibility index (Phi) is 5.04. The lowest BCUT2D eigenvalue weighted by atomic mass is 10.0. The number of hydrogen-bond donors (Lipinski definition) is 0. The highest BCUT2D eigenvalue weighted by Crippen LogP contribution is 2.26. The summed E-state index contributed by atoms with van der Waals surface area (Å²) >= 11 is 0. The summed E-state index contributed by atoms with van der Waals surface area (Å²) in [5.74, 6) is -0.244. The summed E-state index contributed by atoms with van der Waals surface area (Å²) in [5.41, 5.74) is 3.81. The van der Waals surface area contributed by atoms with Gasteiger partial charge in [-0.15, -0.1) is 0 Å². The number of nitrogens with zero attached hydrogens (tertiary/aromatic N) is 3. The average Bonchev–Trinajstić information content (AvgIpc) is 2.92. The fourth-order valence-electron chi connectivity index (χ4n) is 2.93. The van der Waals surface area contributed by atoms with Gasteiger partial charge >= 0.3 is 0 Å². The fraction of sp³-hybridized carbons (Fsp3) is 0.350. The van der Waals surface area contributed by atoms with Crippen LogP contribution >= 0.6 is 0 Å². The third-order valence-electron chi connectivity index (χ3n) is 4.40. The molecule has 0 spiro atoms. The molecule has 0 saturated heterocycles. The molecular formula is C20H23N3O. The van der Waals surface area contributed by atoms with E-state index in [1.54, 1.807) is 12.4 Å². The number of aromatic nitrogens is 1. The zero-order valence-corrected chi connectivity index (χ0v) is 14.3. The molecule has 4 nitrogen and oxygen atoms in total. The lowest BCUT2D eigenvalue weighted by molar-refractivity contribution is -0.119. The van der Waals surface area contributed by atoms with E-state index in [0.717, 1.165) is 23.4 Å². The van der Waals surface area contributed by atoms with Gasteiger partial charge in [-0.05, 0) is 49.6 Å². The first-order valence-corrected chi connectivity index (χ1v) is 8.62. The van der Waals surface area contributed by atoms with E-state index in [0.29, 0.717) is 0 Å². The lowest BCUT2D eigenvalue weighted by Gasteiger charge is -2.13. The third-order valence-corrected chi connectivity index (χ3v) is 4.40. The highest BCUT2D eigenvalue weighted by Gasteiger charge is 2.33. The summed E-state index contributed by atoms with van der Waals surface area (Å²) in [7, 11) is 0. The maximum atomic E-state index is 12.6. The monoisotopic (exact) mass is 321 g/mol. The van der Waals surface area contributed by atoms with E-state index < -0.39 is 0 Å². The molecule has 1 unspecified atom stereocenters. The van der Waals surface area contributed by atoms with Crippen LogP contribution in [-0.2, 0) is 11.2 Å². The summed E-state index contributed by atoms with van der Waals surface area (Å²) in [6, 6.07) is 12.0. The Hall–Kier alpha value is -2.49. The summed E-state index contributed by atoms with van der Waals surface area (Å²) in [6.07, 6.45) is 8.25. The number of unbranched alkanes of at least 4 members (excludes halogenated alkanes) is 2. The van der Waals surface area contributed by atoms with Gasteiger partial charge in [-0.1, -0.05) is 31.9 Å². The maximum Gasteiger partial charge on any atom is 0.256 e. The molecule has 0 N–H and O–H groups in total. The normalized spacial score (nSPS) is 17.2. The van der Waals surface area contributed by atoms with E-state index in [4.69, 9.17) is 0 Å². The number of carbonyl (C=O) groups excluding carboxylic acids is 1. The van der Waals surface area contributed by atoms with Crippen molar-refractivity contribution in [3.63, 3.8) is 0 Å². The SMILES string of the molecule is CCCCCc1ccc(N2N=C(c3cccnc3)C(C)C2=O)cc1. The highest BCUT2D eigenvalue weighted by molar-refractivity contribution is 6.21. The topological polar surface area (TPSA) is 45.6 Å². The minimum Gasteiger partial charge on any atom is -0.272 e. The number of anilines is 1. The Morgan fingerprint density at radius 2 is 1.92 bits per heavy atom. The van der Waals surface area contributed by atoms with Crippen LogP contribution in [0.2, 0.25) is 0 Å². The predicted octanol–water partition coefficient (Wildman–Crippen LogP) is 4.20. The minimum atomic E-state index is -0.251. The number of hydrogen-bond acceptors (Lipinski definition) is 3. The molecule has 2 heterocycles. The van der Waals surface area contributed by atoms with Crippen LogP contribution < -0.4 is 5.01 Å². The Labute approximate surface area is 143 Å². The molecule has 4 heteroatoms. The van der Waals surface area contributed by atoms with Gasteiger partial charge in [0.2, 0.25) is 0 Å². The first-order valence-electron chi connectivity index (χ1n) is 8.62. The molecular weight excluding hydrogens is 298 g/mol. The summed E-state index contributed by atoms with van der Waals surface area (Å²) in [6.45, 7) is 4.11. The van der Waals surface area contributed by atoms with Crippen molar-refractivity contribution in [1.82, 2.24) is 4.98 Å². The van der Waals surface area contributed by atoms with Gasteiger partial charge in [0.1, 0.15) is 0 Å². The Bertz CT molecular complexity index is 722. The highest BCUT2D eigenvalue weighted by atomic mass is 16.2. The van der Waals surface area contributed by atoms with E-state index in [-0.39, 0.29) is 11.8 Å². The smallest absolute Gasteiger partial charge is 0.256 e. The standard InChI is InChI=1S/C20H23N3O/c1-3-4-5-7-16-9-11-18(12-10-16)23-20(24)15(2)19(22-23)17-8-6-13-21-14-17/h6,8-15H,3-5,7H2,1-2H3. The third kappa shape index (κ3) is 3.37. The second-order valence-electron chi connectivity index (χ2n) is 6.22. The van der Waals surface area contributed by atoms with Gasteiger partial charge in [-0.25, -0.2) is 0 Å². The van der Waals surface area contributed by atoms with Crippen LogP contribution in [0, 0.1) is 5.92 Å². The van der Waals surface area contributed by atoms with E-state index in [2.05, 4.69) is 29.1 Å². The lowest BCUT2D eigenvalue weighted by Crippen LogP contribution is -2.25. The number of hydrazone groups is 1. The molecule has 0 fully saturated rings. The molecule has 1 aliphatic heterocycles. The van der Waals surface area contributed by atoms with Crippen molar-refractivity contribution in [2.45, 2.75) is 39.5 Å². The number of rotatable bonds is 6. The molecule has 3 rings (SSSR count). The molecule has 0 saturated carbocycles. The minimum absolute atomic E-state index is 0.00702. The van der Waals surface area contributed by atoms with Crippen LogP contribution in [0.4, 0.5) is 5.69 Å². The van der Waals surface area contributed by atoms with Crippen molar-refractivity contribution in [1.29, 1.82) is 0 Å². The van der Waals surface area contributed by atoms with Gasteiger partial charge < -0.3 is 0 Å². The zero-order valence-electron chi connectivity index (χ0n) is 14.3. The number of benzene rings is 1. The molecule has 0 bridgehead atoms. The Morgan fingerprint density at radius 3 is 2.58 bits per heavy atom. The second-order valence-corrected chi connectivity index (χ2v) is 6.22. The molecule has 1 atom stereocenters. The van der Waals surface area contributed by atoms with E-state index in [1.807, 2.05) is 31.2 Å². The van der Waals surface area contributed by atoms with Gasteiger partial charge in [-0.2, -0.15) is 10.1 Å². The summed E-state index contributed by atoms with van der Waals surface area (Å²) in [4.78, 5) is 16.7. The first kappa shape index (κ1) is 16.4. The number of pyridine rings is 1. The number of aryl methyl sites for hydroxylation is 1. The van der Waals surface area contributed by atoms with Crippen LogP contribution in [-0.4, -0.2) is 16.6 Å².